The molecule has 36 heavy (non-hydrogen) atoms. The number of nitrogens with zero attached hydrogens (tertiary/aromatic N) is 6. The van der Waals surface area contributed by atoms with Crippen molar-refractivity contribution in [3.05, 3.63) is 89.2 Å². The number of ether oxygens (including phenoxy) is 2. The van der Waals surface area contributed by atoms with Gasteiger partial charge in [-0.15, -0.1) is 18.3 Å². The highest BCUT2D eigenvalue weighted by Gasteiger charge is 2.31. The maximum absolute atomic E-state index is 13.4. The molecule has 5 rings (SSSR count). The van der Waals surface area contributed by atoms with Gasteiger partial charge in [0.2, 0.25) is 0 Å². The molecule has 0 bridgehead atoms. The Morgan fingerprint density at radius 1 is 1.00 bits per heavy atom. The van der Waals surface area contributed by atoms with Crippen molar-refractivity contribution in [2.45, 2.75) is 19.8 Å². The van der Waals surface area contributed by atoms with E-state index >= 15 is 0 Å². The van der Waals surface area contributed by atoms with E-state index in [1.54, 1.807) is 48.4 Å². The lowest BCUT2D eigenvalue weighted by Gasteiger charge is -2.10. The molecule has 0 aliphatic carbocycles. The number of hydrogen-bond donors (Lipinski definition) is 0. The van der Waals surface area contributed by atoms with Crippen LogP contribution < -0.4 is 15.2 Å². The highest BCUT2D eigenvalue weighted by Crippen LogP contribution is 2.25. The zero-order valence-electron chi connectivity index (χ0n) is 18.9. The van der Waals surface area contributed by atoms with E-state index < -0.39 is 12.1 Å². The van der Waals surface area contributed by atoms with Gasteiger partial charge >= 0.3 is 18.1 Å². The monoisotopic (exact) mass is 496 g/mol. The number of benzene rings is 2. The van der Waals surface area contributed by atoms with Crippen molar-refractivity contribution in [2.75, 3.05) is 6.61 Å². The first-order chi connectivity index (χ1) is 17.3. The molecule has 9 nitrogen and oxygen atoms in total. The largest absolute Gasteiger partial charge is 0.573 e. The molecule has 0 saturated carbocycles. The molecule has 12 heteroatoms. The maximum atomic E-state index is 13.4. The van der Waals surface area contributed by atoms with Crippen molar-refractivity contribution in [1.29, 1.82) is 0 Å². The Labute approximate surface area is 201 Å². The second-order valence-corrected chi connectivity index (χ2v) is 7.68. The van der Waals surface area contributed by atoms with Crippen molar-refractivity contribution in [2.24, 2.45) is 0 Å². The summed E-state index contributed by atoms with van der Waals surface area (Å²) in [7, 11) is 0. The SMILES string of the molecule is CCOc1nn(-c2cccc3nn(-c4cccnc4)cc23)c(=O)n1Cc1ccc(OC(F)(F)F)cc1. The van der Waals surface area contributed by atoms with Crippen LogP contribution in [0.25, 0.3) is 22.3 Å². The van der Waals surface area contributed by atoms with Crippen LogP contribution in [0.15, 0.2) is 78.0 Å². The molecule has 184 valence electrons. The highest BCUT2D eigenvalue weighted by atomic mass is 19.4. The minimum absolute atomic E-state index is 0.0331. The second kappa shape index (κ2) is 9.21. The minimum Gasteiger partial charge on any atom is -0.464 e. The Bertz CT molecular complexity index is 1560. The van der Waals surface area contributed by atoms with E-state index in [-0.39, 0.29) is 24.9 Å². The van der Waals surface area contributed by atoms with Crippen LogP contribution in [0.5, 0.6) is 11.8 Å². The van der Waals surface area contributed by atoms with E-state index in [4.69, 9.17) is 4.74 Å². The normalized spacial score (nSPS) is 11.7. The lowest BCUT2D eigenvalue weighted by molar-refractivity contribution is -0.274. The van der Waals surface area contributed by atoms with Gasteiger partial charge < -0.3 is 9.47 Å². The van der Waals surface area contributed by atoms with Crippen molar-refractivity contribution in [3.63, 3.8) is 0 Å². The fourth-order valence-electron chi connectivity index (χ4n) is 3.72. The van der Waals surface area contributed by atoms with Gasteiger partial charge in [0.1, 0.15) is 5.75 Å². The van der Waals surface area contributed by atoms with Crippen LogP contribution in [-0.4, -0.2) is 42.1 Å². The fourth-order valence-corrected chi connectivity index (χ4v) is 3.72. The van der Waals surface area contributed by atoms with Crippen LogP contribution in [0.4, 0.5) is 13.2 Å². The van der Waals surface area contributed by atoms with E-state index in [1.807, 2.05) is 12.1 Å². The molecule has 0 unspecified atom stereocenters. The number of aromatic nitrogens is 6. The Morgan fingerprint density at radius 2 is 1.81 bits per heavy atom. The van der Waals surface area contributed by atoms with Gasteiger partial charge in [-0.05, 0) is 48.9 Å². The molecular formula is C24H19F3N6O3. The lowest BCUT2D eigenvalue weighted by atomic mass is 10.2. The van der Waals surface area contributed by atoms with E-state index in [1.165, 1.54) is 33.5 Å². The van der Waals surface area contributed by atoms with E-state index in [0.29, 0.717) is 22.2 Å². The first kappa shape index (κ1) is 23.1. The summed E-state index contributed by atoms with van der Waals surface area (Å²) in [5.41, 5.74) is 1.99. The van der Waals surface area contributed by atoms with Crippen molar-refractivity contribution in [3.8, 4) is 23.1 Å². The number of alkyl halides is 3. The average Bonchev–Trinajstić information content (AvgIpc) is 3.42. The van der Waals surface area contributed by atoms with Crippen LogP contribution in [0.2, 0.25) is 0 Å². The summed E-state index contributed by atoms with van der Waals surface area (Å²) in [5.74, 6) is -0.350. The van der Waals surface area contributed by atoms with Gasteiger partial charge in [0.25, 0.3) is 0 Å². The second-order valence-electron chi connectivity index (χ2n) is 7.68. The molecular weight excluding hydrogens is 477 g/mol. The molecule has 0 N–H and O–H groups in total. The number of hydrogen-bond acceptors (Lipinski definition) is 6. The third kappa shape index (κ3) is 4.65. The smallest absolute Gasteiger partial charge is 0.464 e. The van der Waals surface area contributed by atoms with Gasteiger partial charge in [0.15, 0.2) is 0 Å². The Balaban J connectivity index is 1.53. The molecule has 0 radical (unpaired) electrons. The number of halogens is 3. The topological polar surface area (TPSA) is 89.0 Å². The summed E-state index contributed by atoms with van der Waals surface area (Å²) in [4.78, 5) is 17.5. The van der Waals surface area contributed by atoms with Crippen LogP contribution in [0, 0.1) is 0 Å². The molecule has 0 spiro atoms. The molecule has 5 aromatic rings. The van der Waals surface area contributed by atoms with Crippen LogP contribution >= 0.6 is 0 Å². The first-order valence-corrected chi connectivity index (χ1v) is 10.9. The molecule has 0 aliphatic rings. The lowest BCUT2D eigenvalue weighted by Crippen LogP contribution is -2.24. The summed E-state index contributed by atoms with van der Waals surface area (Å²) >= 11 is 0. The zero-order chi connectivity index (χ0) is 25.3. The molecule has 0 fully saturated rings. The molecule has 0 amide bonds. The average molecular weight is 496 g/mol. The van der Waals surface area contributed by atoms with E-state index in [9.17, 15) is 18.0 Å². The fraction of sp³-hybridized carbons (Fsp3) is 0.167. The summed E-state index contributed by atoms with van der Waals surface area (Å²) in [6.07, 6.45) is 0.335. The number of rotatable bonds is 7. The van der Waals surface area contributed by atoms with Gasteiger partial charge in [-0.1, -0.05) is 18.2 Å². The highest BCUT2D eigenvalue weighted by molar-refractivity contribution is 5.87. The minimum atomic E-state index is -4.78. The van der Waals surface area contributed by atoms with Gasteiger partial charge in [-0.25, -0.2) is 14.0 Å². The quantitative estimate of drug-likeness (QED) is 0.337. The summed E-state index contributed by atoms with van der Waals surface area (Å²) in [5, 5.41) is 9.64. The van der Waals surface area contributed by atoms with E-state index in [2.05, 4.69) is 19.9 Å². The van der Waals surface area contributed by atoms with Gasteiger partial charge in [0, 0.05) is 17.8 Å². The van der Waals surface area contributed by atoms with Crippen LogP contribution in [0.1, 0.15) is 12.5 Å². The predicted octanol–water partition coefficient (Wildman–Crippen LogP) is 4.11. The van der Waals surface area contributed by atoms with Gasteiger partial charge in [-0.2, -0.15) is 9.78 Å². The maximum Gasteiger partial charge on any atom is 0.573 e. The van der Waals surface area contributed by atoms with Crippen LogP contribution in [-0.2, 0) is 6.54 Å². The standard InChI is InChI=1S/C24H19F3N6O3/c1-2-35-22-30-33(23(34)31(22)14-16-8-10-18(11-9-16)36-24(25,26)27)21-7-3-6-20-19(21)15-32(29-20)17-5-4-12-28-13-17/h3-13,15H,2,14H2,1H3. The zero-order valence-corrected chi connectivity index (χ0v) is 18.9. The van der Waals surface area contributed by atoms with E-state index in [0.717, 1.165) is 5.69 Å². The Morgan fingerprint density at radius 3 is 2.50 bits per heavy atom. The van der Waals surface area contributed by atoms with Crippen LogP contribution in [0.3, 0.4) is 0 Å². The third-order valence-electron chi connectivity index (χ3n) is 5.27. The number of pyridine rings is 1. The van der Waals surface area contributed by atoms with Crippen molar-refractivity contribution >= 4 is 10.9 Å². The molecule has 0 atom stereocenters. The van der Waals surface area contributed by atoms with Crippen molar-refractivity contribution in [1.82, 2.24) is 29.1 Å². The molecule has 3 aromatic heterocycles. The third-order valence-corrected chi connectivity index (χ3v) is 5.27. The Kier molecular flexibility index (Phi) is 5.92. The molecule has 3 heterocycles. The summed E-state index contributed by atoms with van der Waals surface area (Å²) in [6, 6.07) is 14.3. The number of fused-ring (bicyclic) bond motifs is 1. The first-order valence-electron chi connectivity index (χ1n) is 10.9. The summed E-state index contributed by atoms with van der Waals surface area (Å²) < 4.78 is 51.1. The van der Waals surface area contributed by atoms with Gasteiger partial charge in [0.05, 0.1) is 36.2 Å². The Hall–Kier alpha value is -4.61. The molecule has 2 aromatic carbocycles. The van der Waals surface area contributed by atoms with Gasteiger partial charge in [-0.3, -0.25) is 4.98 Å². The predicted molar refractivity (Wildman–Crippen MR) is 124 cm³/mol. The molecule has 0 saturated heterocycles. The molecule has 0 aliphatic heterocycles. The van der Waals surface area contributed by atoms with Crippen molar-refractivity contribution < 1.29 is 22.6 Å². The summed E-state index contributed by atoms with van der Waals surface area (Å²) in [6.45, 7) is 2.05.